The number of carbonyl (C=O) groups excluding carboxylic acids is 1. The zero-order chi connectivity index (χ0) is 16.2. The van der Waals surface area contributed by atoms with Crippen molar-refractivity contribution in [1.29, 1.82) is 0 Å². The summed E-state index contributed by atoms with van der Waals surface area (Å²) in [5.74, 6) is 0.138. The average Bonchev–Trinajstić information content (AvgIpc) is 2.56. The summed E-state index contributed by atoms with van der Waals surface area (Å²) in [6, 6.07) is 13.3. The summed E-state index contributed by atoms with van der Waals surface area (Å²) < 4.78 is 12.9. The largest absolute Gasteiger partial charge is 0.350 e. The SMILES string of the molecule is CN(CC(=O)Nc1ccc(F)cc1)c1ncnc2ccccc12. The maximum atomic E-state index is 12.9. The van der Waals surface area contributed by atoms with Gasteiger partial charge in [0, 0.05) is 18.1 Å². The maximum Gasteiger partial charge on any atom is 0.243 e. The molecular weight excluding hydrogens is 295 g/mol. The number of likely N-dealkylation sites (N-methyl/N-ethyl adjacent to an activating group) is 1. The summed E-state index contributed by atoms with van der Waals surface area (Å²) in [6.45, 7) is 0.123. The predicted octanol–water partition coefficient (Wildman–Crippen LogP) is 2.84. The minimum Gasteiger partial charge on any atom is -0.350 e. The number of benzene rings is 2. The fourth-order valence-electron chi connectivity index (χ4n) is 2.32. The van der Waals surface area contributed by atoms with Crippen LogP contribution in [0, 0.1) is 5.82 Å². The molecule has 0 unspecified atom stereocenters. The lowest BCUT2D eigenvalue weighted by atomic mass is 10.2. The lowest BCUT2D eigenvalue weighted by Gasteiger charge is -2.19. The van der Waals surface area contributed by atoms with E-state index in [0.717, 1.165) is 10.9 Å². The monoisotopic (exact) mass is 310 g/mol. The highest BCUT2D eigenvalue weighted by Gasteiger charge is 2.12. The van der Waals surface area contributed by atoms with Gasteiger partial charge in [-0.1, -0.05) is 12.1 Å². The van der Waals surface area contributed by atoms with E-state index in [2.05, 4.69) is 15.3 Å². The first-order chi connectivity index (χ1) is 11.1. The van der Waals surface area contributed by atoms with Crippen LogP contribution >= 0.6 is 0 Å². The standard InChI is InChI=1S/C17H15FN4O/c1-22(10-16(23)21-13-8-6-12(18)7-9-13)17-14-4-2-3-5-15(14)19-11-20-17/h2-9,11H,10H2,1H3,(H,21,23). The van der Waals surface area contributed by atoms with E-state index in [9.17, 15) is 9.18 Å². The second kappa shape index (κ2) is 6.39. The number of aromatic nitrogens is 2. The molecule has 2 aromatic carbocycles. The van der Waals surface area contributed by atoms with E-state index >= 15 is 0 Å². The Morgan fingerprint density at radius 2 is 1.87 bits per heavy atom. The Morgan fingerprint density at radius 3 is 2.65 bits per heavy atom. The second-order valence-corrected chi connectivity index (χ2v) is 5.13. The van der Waals surface area contributed by atoms with Gasteiger partial charge in [-0.2, -0.15) is 0 Å². The van der Waals surface area contributed by atoms with Gasteiger partial charge < -0.3 is 10.2 Å². The third kappa shape index (κ3) is 3.42. The Labute approximate surface area is 132 Å². The molecule has 0 atom stereocenters. The zero-order valence-electron chi connectivity index (χ0n) is 12.5. The van der Waals surface area contributed by atoms with Gasteiger partial charge in [0.25, 0.3) is 0 Å². The predicted molar refractivity (Wildman–Crippen MR) is 87.8 cm³/mol. The van der Waals surface area contributed by atoms with Crippen LogP contribution in [0.25, 0.3) is 10.9 Å². The summed E-state index contributed by atoms with van der Waals surface area (Å²) in [4.78, 5) is 22.3. The summed E-state index contributed by atoms with van der Waals surface area (Å²) in [5, 5.41) is 3.61. The molecule has 0 fully saturated rings. The van der Waals surface area contributed by atoms with E-state index in [4.69, 9.17) is 0 Å². The molecule has 0 saturated carbocycles. The van der Waals surface area contributed by atoms with Gasteiger partial charge in [-0.05, 0) is 36.4 Å². The van der Waals surface area contributed by atoms with Gasteiger partial charge in [0.2, 0.25) is 5.91 Å². The van der Waals surface area contributed by atoms with Crippen LogP contribution in [0.4, 0.5) is 15.9 Å². The Kier molecular flexibility index (Phi) is 4.14. The van der Waals surface area contributed by atoms with Crippen LogP contribution in [0.3, 0.4) is 0 Å². The van der Waals surface area contributed by atoms with E-state index < -0.39 is 0 Å². The molecule has 116 valence electrons. The quantitative estimate of drug-likeness (QED) is 0.805. The van der Waals surface area contributed by atoms with E-state index in [-0.39, 0.29) is 18.3 Å². The van der Waals surface area contributed by atoms with Crippen molar-refractivity contribution in [2.45, 2.75) is 0 Å². The van der Waals surface area contributed by atoms with Gasteiger partial charge in [-0.3, -0.25) is 4.79 Å². The lowest BCUT2D eigenvalue weighted by Crippen LogP contribution is -2.30. The summed E-state index contributed by atoms with van der Waals surface area (Å²) in [5.41, 5.74) is 1.38. The molecule has 0 saturated heterocycles. The molecule has 1 N–H and O–H groups in total. The van der Waals surface area contributed by atoms with Crippen molar-refractivity contribution in [1.82, 2.24) is 9.97 Å². The van der Waals surface area contributed by atoms with Crippen LogP contribution < -0.4 is 10.2 Å². The molecule has 5 nitrogen and oxygen atoms in total. The van der Waals surface area contributed by atoms with Gasteiger partial charge in [0.1, 0.15) is 18.0 Å². The van der Waals surface area contributed by atoms with Crippen LogP contribution in [-0.4, -0.2) is 29.5 Å². The van der Waals surface area contributed by atoms with Crippen molar-refractivity contribution in [3.05, 3.63) is 60.7 Å². The average molecular weight is 310 g/mol. The summed E-state index contributed by atoms with van der Waals surface area (Å²) in [6.07, 6.45) is 1.48. The minimum atomic E-state index is -0.340. The molecule has 0 aliphatic heterocycles. The zero-order valence-corrected chi connectivity index (χ0v) is 12.5. The number of anilines is 2. The number of nitrogens with one attached hydrogen (secondary N) is 1. The van der Waals surface area contributed by atoms with Gasteiger partial charge in [-0.15, -0.1) is 0 Å². The molecule has 3 aromatic rings. The van der Waals surface area contributed by atoms with Crippen molar-refractivity contribution in [3.8, 4) is 0 Å². The smallest absolute Gasteiger partial charge is 0.243 e. The first-order valence-corrected chi connectivity index (χ1v) is 7.10. The van der Waals surface area contributed by atoms with Crippen molar-refractivity contribution in [3.63, 3.8) is 0 Å². The van der Waals surface area contributed by atoms with Crippen LogP contribution in [0.15, 0.2) is 54.9 Å². The van der Waals surface area contributed by atoms with Crippen molar-refractivity contribution < 1.29 is 9.18 Å². The first kappa shape index (κ1) is 14.9. The van der Waals surface area contributed by atoms with Crippen LogP contribution in [0.5, 0.6) is 0 Å². The van der Waals surface area contributed by atoms with E-state index in [1.807, 2.05) is 24.3 Å². The fourth-order valence-corrected chi connectivity index (χ4v) is 2.32. The third-order valence-electron chi connectivity index (χ3n) is 3.39. The number of rotatable bonds is 4. The topological polar surface area (TPSA) is 58.1 Å². The highest BCUT2D eigenvalue weighted by atomic mass is 19.1. The maximum absolute atomic E-state index is 12.9. The lowest BCUT2D eigenvalue weighted by molar-refractivity contribution is -0.114. The first-order valence-electron chi connectivity index (χ1n) is 7.10. The van der Waals surface area contributed by atoms with Crippen LogP contribution in [0.2, 0.25) is 0 Å². The number of carbonyl (C=O) groups is 1. The van der Waals surface area contributed by atoms with E-state index in [1.165, 1.54) is 30.6 Å². The Bertz CT molecular complexity index is 830. The van der Waals surface area contributed by atoms with Gasteiger partial charge in [0.15, 0.2) is 0 Å². The number of halogens is 1. The number of fused-ring (bicyclic) bond motifs is 1. The molecule has 3 rings (SSSR count). The van der Waals surface area contributed by atoms with E-state index in [0.29, 0.717) is 11.5 Å². The number of nitrogens with zero attached hydrogens (tertiary/aromatic N) is 3. The summed E-state index contributed by atoms with van der Waals surface area (Å²) >= 11 is 0. The molecule has 0 spiro atoms. The highest BCUT2D eigenvalue weighted by Crippen LogP contribution is 2.21. The Hall–Kier alpha value is -3.02. The van der Waals surface area contributed by atoms with Crippen molar-refractivity contribution in [2.24, 2.45) is 0 Å². The molecule has 0 aliphatic rings. The van der Waals surface area contributed by atoms with Crippen LogP contribution in [-0.2, 0) is 4.79 Å². The van der Waals surface area contributed by atoms with Crippen molar-refractivity contribution in [2.75, 3.05) is 23.8 Å². The molecule has 23 heavy (non-hydrogen) atoms. The molecule has 0 radical (unpaired) electrons. The third-order valence-corrected chi connectivity index (χ3v) is 3.39. The van der Waals surface area contributed by atoms with Gasteiger partial charge in [-0.25, -0.2) is 14.4 Å². The molecule has 1 aromatic heterocycles. The normalized spacial score (nSPS) is 10.5. The molecule has 0 aliphatic carbocycles. The molecule has 0 bridgehead atoms. The van der Waals surface area contributed by atoms with E-state index in [1.54, 1.807) is 11.9 Å². The highest BCUT2D eigenvalue weighted by molar-refractivity contribution is 5.96. The van der Waals surface area contributed by atoms with Gasteiger partial charge in [0.05, 0.1) is 12.1 Å². The Morgan fingerprint density at radius 1 is 1.13 bits per heavy atom. The molecular formula is C17H15FN4O. The number of amides is 1. The fraction of sp³-hybridized carbons (Fsp3) is 0.118. The minimum absolute atomic E-state index is 0.123. The molecule has 6 heteroatoms. The summed E-state index contributed by atoms with van der Waals surface area (Å²) in [7, 11) is 1.79. The number of hydrogen-bond donors (Lipinski definition) is 1. The van der Waals surface area contributed by atoms with Crippen LogP contribution in [0.1, 0.15) is 0 Å². The Balaban J connectivity index is 1.74. The second-order valence-electron chi connectivity index (χ2n) is 5.13. The van der Waals surface area contributed by atoms with Crippen molar-refractivity contribution >= 4 is 28.3 Å². The number of para-hydroxylation sites is 1. The molecule has 1 heterocycles. The van der Waals surface area contributed by atoms with Gasteiger partial charge >= 0.3 is 0 Å². The molecule has 1 amide bonds. The number of hydrogen-bond acceptors (Lipinski definition) is 4.